The van der Waals surface area contributed by atoms with Crippen molar-refractivity contribution in [3.05, 3.63) is 133 Å². The first-order valence-corrected chi connectivity index (χ1v) is 13.4. The van der Waals surface area contributed by atoms with Gasteiger partial charge in [0.25, 0.3) is 0 Å². The molecule has 9 rings (SSSR count). The fourth-order valence-corrected chi connectivity index (χ4v) is 6.59. The monoisotopic (exact) mass is 497 g/mol. The number of hydrogen-bond donors (Lipinski definition) is 1. The Morgan fingerprint density at radius 2 is 1.00 bits per heavy atom. The van der Waals surface area contributed by atoms with Crippen LogP contribution in [0.3, 0.4) is 0 Å². The molecule has 0 amide bonds. The van der Waals surface area contributed by atoms with E-state index in [9.17, 15) is 0 Å². The van der Waals surface area contributed by atoms with Crippen LogP contribution >= 0.6 is 0 Å². The molecule has 0 atom stereocenters. The van der Waals surface area contributed by atoms with Crippen molar-refractivity contribution in [1.82, 2.24) is 14.1 Å². The van der Waals surface area contributed by atoms with Gasteiger partial charge in [0.05, 0.1) is 27.6 Å². The van der Waals surface area contributed by atoms with Crippen LogP contribution in [0.25, 0.3) is 76.8 Å². The molecule has 3 heterocycles. The number of hydrogen-bond acceptors (Lipinski definition) is 0. The molecule has 0 saturated heterocycles. The number of aromatic nitrogens is 3. The van der Waals surface area contributed by atoms with Gasteiger partial charge in [-0.3, -0.25) is 0 Å². The van der Waals surface area contributed by atoms with Crippen molar-refractivity contribution in [3.63, 3.8) is 0 Å². The minimum atomic E-state index is 1.16. The Bertz CT molecular complexity index is 2330. The smallest absolute Gasteiger partial charge is 0.0783 e. The summed E-state index contributed by atoms with van der Waals surface area (Å²) in [5.74, 6) is 0. The van der Waals surface area contributed by atoms with Crippen LogP contribution in [0.1, 0.15) is 0 Å². The van der Waals surface area contributed by atoms with E-state index in [4.69, 9.17) is 0 Å². The highest BCUT2D eigenvalue weighted by atomic mass is 15.0. The fraction of sp³-hybridized carbons (Fsp3) is 0. The fourth-order valence-electron chi connectivity index (χ4n) is 6.59. The van der Waals surface area contributed by atoms with Crippen molar-refractivity contribution in [2.24, 2.45) is 0 Å². The standard InChI is InChI=1S/C36H23N3/c1-2-10-23(11-3-1)39-34-21-18-24(38-32-16-8-5-13-26(32)27-14-6-9-17-33(27)38)22-30(34)29-20-19-28-25-12-4-7-15-31(25)37-35(28)36(29)39/h1-22,37H. The SMILES string of the molecule is c1ccc(-n2c3ccc(-n4c5ccccc5c5ccccc54)cc3c3ccc4c5ccccc5[nH]c4c32)cc1. The third-order valence-electron chi connectivity index (χ3n) is 8.24. The van der Waals surface area contributed by atoms with Crippen LogP contribution in [0.5, 0.6) is 0 Å². The Morgan fingerprint density at radius 1 is 0.385 bits per heavy atom. The van der Waals surface area contributed by atoms with Gasteiger partial charge in [-0.15, -0.1) is 0 Å². The number of fused-ring (bicyclic) bond motifs is 10. The van der Waals surface area contributed by atoms with Crippen LogP contribution in [0.2, 0.25) is 0 Å². The van der Waals surface area contributed by atoms with Gasteiger partial charge in [-0.1, -0.05) is 84.9 Å². The molecule has 39 heavy (non-hydrogen) atoms. The van der Waals surface area contributed by atoms with Crippen LogP contribution in [-0.4, -0.2) is 14.1 Å². The lowest BCUT2D eigenvalue weighted by Crippen LogP contribution is -1.95. The molecule has 0 aliphatic carbocycles. The largest absolute Gasteiger partial charge is 0.353 e. The van der Waals surface area contributed by atoms with E-state index in [2.05, 4.69) is 148 Å². The third kappa shape index (κ3) is 2.76. The molecule has 0 aliphatic heterocycles. The second-order valence-electron chi connectivity index (χ2n) is 10.3. The maximum absolute atomic E-state index is 3.76. The van der Waals surface area contributed by atoms with Crippen molar-refractivity contribution in [2.75, 3.05) is 0 Å². The summed E-state index contributed by atoms with van der Waals surface area (Å²) >= 11 is 0. The number of nitrogens with one attached hydrogen (secondary N) is 1. The molecule has 1 N–H and O–H groups in total. The Kier molecular flexibility index (Phi) is 4.05. The van der Waals surface area contributed by atoms with E-state index >= 15 is 0 Å². The third-order valence-corrected chi connectivity index (χ3v) is 8.24. The van der Waals surface area contributed by atoms with E-state index in [0.717, 1.165) is 11.2 Å². The van der Waals surface area contributed by atoms with Gasteiger partial charge in [0.15, 0.2) is 0 Å². The van der Waals surface area contributed by atoms with Crippen LogP contribution < -0.4 is 0 Å². The highest BCUT2D eigenvalue weighted by molar-refractivity contribution is 6.23. The van der Waals surface area contributed by atoms with E-state index in [-0.39, 0.29) is 0 Å². The first kappa shape index (κ1) is 20.7. The number of nitrogens with zero attached hydrogens (tertiary/aromatic N) is 2. The molecule has 6 aromatic carbocycles. The summed E-state index contributed by atoms with van der Waals surface area (Å²) in [6.07, 6.45) is 0. The average molecular weight is 498 g/mol. The Morgan fingerprint density at radius 3 is 1.77 bits per heavy atom. The number of H-pyrrole nitrogens is 1. The summed E-state index contributed by atoms with van der Waals surface area (Å²) in [4.78, 5) is 3.76. The van der Waals surface area contributed by atoms with Crippen molar-refractivity contribution in [2.45, 2.75) is 0 Å². The summed E-state index contributed by atoms with van der Waals surface area (Å²) in [5.41, 5.74) is 9.53. The Labute approximate surface area is 224 Å². The zero-order chi connectivity index (χ0) is 25.5. The molecular formula is C36H23N3. The highest BCUT2D eigenvalue weighted by Crippen LogP contribution is 2.40. The summed E-state index contributed by atoms with van der Waals surface area (Å²) in [6, 6.07) is 48.2. The Balaban J connectivity index is 1.44. The van der Waals surface area contributed by atoms with E-state index in [1.165, 1.54) is 65.6 Å². The van der Waals surface area contributed by atoms with E-state index < -0.39 is 0 Å². The second-order valence-corrected chi connectivity index (χ2v) is 10.3. The van der Waals surface area contributed by atoms with Gasteiger partial charge in [-0.05, 0) is 48.5 Å². The number of aromatic amines is 1. The van der Waals surface area contributed by atoms with Crippen LogP contribution in [0.4, 0.5) is 0 Å². The molecule has 0 aliphatic rings. The Hall–Kier alpha value is -5.28. The van der Waals surface area contributed by atoms with Crippen LogP contribution in [0.15, 0.2) is 133 Å². The molecule has 3 aromatic heterocycles. The lowest BCUT2D eigenvalue weighted by Gasteiger charge is -2.10. The summed E-state index contributed by atoms with van der Waals surface area (Å²) < 4.78 is 4.81. The van der Waals surface area contributed by atoms with Crippen LogP contribution in [-0.2, 0) is 0 Å². The van der Waals surface area contributed by atoms with Gasteiger partial charge in [0.1, 0.15) is 0 Å². The summed E-state index contributed by atoms with van der Waals surface area (Å²) in [7, 11) is 0. The summed E-state index contributed by atoms with van der Waals surface area (Å²) in [6.45, 7) is 0. The molecule has 3 nitrogen and oxygen atoms in total. The molecular weight excluding hydrogens is 474 g/mol. The molecule has 0 radical (unpaired) electrons. The molecule has 3 heteroatoms. The maximum Gasteiger partial charge on any atom is 0.0783 e. The van der Waals surface area contributed by atoms with Crippen LogP contribution in [0, 0.1) is 0 Å². The number of rotatable bonds is 2. The predicted molar refractivity (Wildman–Crippen MR) is 164 cm³/mol. The van der Waals surface area contributed by atoms with Gasteiger partial charge >= 0.3 is 0 Å². The van der Waals surface area contributed by atoms with Gasteiger partial charge in [0, 0.05) is 49.2 Å². The average Bonchev–Trinajstić information content (AvgIpc) is 3.65. The lowest BCUT2D eigenvalue weighted by atomic mass is 10.1. The minimum absolute atomic E-state index is 1.16. The second kappa shape index (κ2) is 7.62. The van der Waals surface area contributed by atoms with Gasteiger partial charge in [0.2, 0.25) is 0 Å². The molecule has 9 aromatic rings. The van der Waals surface area contributed by atoms with Gasteiger partial charge in [-0.2, -0.15) is 0 Å². The molecule has 182 valence electrons. The first-order valence-electron chi connectivity index (χ1n) is 13.4. The molecule has 0 bridgehead atoms. The predicted octanol–water partition coefficient (Wildman–Crippen LogP) is 9.52. The molecule has 0 unspecified atom stereocenters. The zero-order valence-corrected chi connectivity index (χ0v) is 21.1. The zero-order valence-electron chi connectivity index (χ0n) is 21.1. The van der Waals surface area contributed by atoms with Crippen molar-refractivity contribution in [1.29, 1.82) is 0 Å². The lowest BCUT2D eigenvalue weighted by molar-refractivity contribution is 1.17. The maximum atomic E-state index is 3.76. The normalized spacial score (nSPS) is 12.1. The topological polar surface area (TPSA) is 25.6 Å². The molecule has 0 saturated carbocycles. The van der Waals surface area contributed by atoms with Crippen molar-refractivity contribution >= 4 is 65.4 Å². The van der Waals surface area contributed by atoms with Gasteiger partial charge < -0.3 is 14.1 Å². The highest BCUT2D eigenvalue weighted by Gasteiger charge is 2.19. The summed E-state index contributed by atoms with van der Waals surface area (Å²) in [5, 5.41) is 7.55. The van der Waals surface area contributed by atoms with Crippen molar-refractivity contribution in [3.8, 4) is 11.4 Å². The quantitative estimate of drug-likeness (QED) is 0.246. The van der Waals surface area contributed by atoms with Crippen molar-refractivity contribution < 1.29 is 0 Å². The van der Waals surface area contributed by atoms with E-state index in [1.807, 2.05) is 0 Å². The molecule has 0 spiro atoms. The van der Waals surface area contributed by atoms with E-state index in [0.29, 0.717) is 0 Å². The number of para-hydroxylation sites is 4. The number of benzene rings is 6. The van der Waals surface area contributed by atoms with E-state index in [1.54, 1.807) is 0 Å². The molecule has 0 fully saturated rings. The van der Waals surface area contributed by atoms with Gasteiger partial charge in [-0.25, -0.2) is 0 Å². The minimum Gasteiger partial charge on any atom is -0.353 e. The first-order chi connectivity index (χ1) is 19.4.